The zero-order valence-electron chi connectivity index (χ0n) is 16.4. The normalized spacial score (nSPS) is 25.7. The van der Waals surface area contributed by atoms with E-state index in [1.54, 1.807) is 11.0 Å². The number of carbonyl (C=O) groups excluding carboxylic acids is 2. The van der Waals surface area contributed by atoms with E-state index in [4.69, 9.17) is 4.42 Å². The summed E-state index contributed by atoms with van der Waals surface area (Å²) in [6.45, 7) is 4.69. The molecule has 150 valence electrons. The molecule has 9 heteroatoms. The van der Waals surface area contributed by atoms with E-state index in [9.17, 15) is 18.0 Å². The number of furan rings is 1. The maximum Gasteiger partial charge on any atom is 0.257 e. The van der Waals surface area contributed by atoms with Gasteiger partial charge >= 0.3 is 0 Å². The van der Waals surface area contributed by atoms with E-state index in [0.29, 0.717) is 30.8 Å². The van der Waals surface area contributed by atoms with Crippen molar-refractivity contribution in [2.75, 3.05) is 26.9 Å². The Morgan fingerprint density at radius 2 is 2.04 bits per heavy atom. The third-order valence-electron chi connectivity index (χ3n) is 5.36. The molecule has 0 spiro atoms. The van der Waals surface area contributed by atoms with Crippen LogP contribution in [-0.4, -0.2) is 73.3 Å². The summed E-state index contributed by atoms with van der Waals surface area (Å²) in [6, 6.07) is 0.708. The molecule has 0 saturated carbocycles. The summed E-state index contributed by atoms with van der Waals surface area (Å²) >= 11 is 0. The lowest BCUT2D eigenvalue weighted by molar-refractivity contribution is -0.129. The number of likely N-dealkylation sites (tertiary alicyclic amines) is 1. The van der Waals surface area contributed by atoms with Gasteiger partial charge in [-0.3, -0.25) is 9.59 Å². The van der Waals surface area contributed by atoms with Crippen molar-refractivity contribution in [3.63, 3.8) is 0 Å². The van der Waals surface area contributed by atoms with Gasteiger partial charge in [-0.05, 0) is 32.5 Å². The maximum atomic E-state index is 13.3. The minimum atomic E-state index is -3.68. The Balaban J connectivity index is 1.96. The summed E-state index contributed by atoms with van der Waals surface area (Å²) in [4.78, 5) is 29.7. The van der Waals surface area contributed by atoms with Crippen LogP contribution in [0.3, 0.4) is 0 Å². The first-order chi connectivity index (χ1) is 12.5. The zero-order chi connectivity index (χ0) is 20.1. The number of hydrogen-bond donors (Lipinski definition) is 0. The van der Waals surface area contributed by atoms with E-state index >= 15 is 0 Å². The fourth-order valence-electron chi connectivity index (χ4n) is 4.37. The van der Waals surface area contributed by atoms with Gasteiger partial charge in [-0.1, -0.05) is 13.8 Å². The van der Waals surface area contributed by atoms with Crippen molar-refractivity contribution in [3.8, 4) is 0 Å². The smallest absolute Gasteiger partial charge is 0.257 e. The van der Waals surface area contributed by atoms with Gasteiger partial charge in [-0.25, -0.2) is 12.7 Å². The van der Waals surface area contributed by atoms with Gasteiger partial charge in [0.05, 0.1) is 42.6 Å². The molecule has 0 aliphatic carbocycles. The predicted octanol–water partition coefficient (Wildman–Crippen LogP) is 0.998. The van der Waals surface area contributed by atoms with E-state index < -0.39 is 33.9 Å². The Kier molecular flexibility index (Phi) is 5.11. The molecule has 1 aromatic rings. The number of amides is 2. The molecule has 2 aliphatic rings. The van der Waals surface area contributed by atoms with Crippen LogP contribution in [0.1, 0.15) is 36.4 Å². The van der Waals surface area contributed by atoms with Gasteiger partial charge < -0.3 is 14.2 Å². The van der Waals surface area contributed by atoms with Crippen LogP contribution in [0.5, 0.6) is 0 Å². The van der Waals surface area contributed by atoms with Crippen molar-refractivity contribution in [1.82, 2.24) is 14.1 Å². The van der Waals surface area contributed by atoms with Crippen LogP contribution in [0.25, 0.3) is 0 Å². The van der Waals surface area contributed by atoms with Crippen molar-refractivity contribution < 1.29 is 22.4 Å². The molecule has 3 atom stereocenters. The molecule has 2 amide bonds. The molecule has 3 heterocycles. The Morgan fingerprint density at radius 3 is 2.59 bits per heavy atom. The van der Waals surface area contributed by atoms with Crippen LogP contribution in [-0.2, 0) is 21.4 Å². The van der Waals surface area contributed by atoms with Gasteiger partial charge in [0, 0.05) is 6.54 Å². The summed E-state index contributed by atoms with van der Waals surface area (Å²) < 4.78 is 30.9. The lowest BCUT2D eigenvalue weighted by Gasteiger charge is -2.29. The molecule has 2 aliphatic heterocycles. The van der Waals surface area contributed by atoms with E-state index in [2.05, 4.69) is 0 Å². The van der Waals surface area contributed by atoms with Gasteiger partial charge in [0.1, 0.15) is 5.76 Å². The largest absolute Gasteiger partial charge is 0.467 e. The lowest BCUT2D eigenvalue weighted by atomic mass is 9.88. The van der Waals surface area contributed by atoms with E-state index in [1.807, 2.05) is 32.8 Å². The van der Waals surface area contributed by atoms with Gasteiger partial charge in [0.2, 0.25) is 15.9 Å². The molecular formula is C18H27N3O5S. The van der Waals surface area contributed by atoms with E-state index in [-0.39, 0.29) is 11.8 Å². The Bertz CT molecular complexity index is 845. The van der Waals surface area contributed by atoms with Crippen LogP contribution >= 0.6 is 0 Å². The van der Waals surface area contributed by atoms with Gasteiger partial charge in [-0.15, -0.1) is 0 Å². The summed E-state index contributed by atoms with van der Waals surface area (Å²) in [5, 5.41) is 0. The first-order valence-corrected chi connectivity index (χ1v) is 10.9. The molecule has 0 radical (unpaired) electrons. The summed E-state index contributed by atoms with van der Waals surface area (Å²) in [5.74, 6) is -0.641. The number of nitrogens with zero attached hydrogens (tertiary/aromatic N) is 3. The van der Waals surface area contributed by atoms with Gasteiger partial charge in [-0.2, -0.15) is 0 Å². The molecular weight excluding hydrogens is 370 g/mol. The SMILES string of the molecule is CC(C)[C@H]1C(=O)N(S(C)(=O)=O)[C@H]2CCN(C(=O)c3ccoc3CN(C)C)[C@H]12. The molecule has 0 N–H and O–H groups in total. The molecule has 1 aromatic heterocycles. The number of carbonyl (C=O) groups is 2. The van der Waals surface area contributed by atoms with E-state index in [1.165, 1.54) is 6.26 Å². The molecule has 0 unspecified atom stereocenters. The predicted molar refractivity (Wildman–Crippen MR) is 99.3 cm³/mol. The van der Waals surface area contributed by atoms with Crippen molar-refractivity contribution in [2.24, 2.45) is 11.8 Å². The third kappa shape index (κ3) is 3.38. The zero-order valence-corrected chi connectivity index (χ0v) is 17.2. The molecule has 2 fully saturated rings. The van der Waals surface area contributed by atoms with Crippen LogP contribution in [0.15, 0.2) is 16.7 Å². The minimum Gasteiger partial charge on any atom is -0.467 e. The molecule has 8 nitrogen and oxygen atoms in total. The molecule has 2 saturated heterocycles. The number of sulfonamides is 1. The third-order valence-corrected chi connectivity index (χ3v) is 6.53. The number of fused-ring (bicyclic) bond motifs is 1. The highest BCUT2D eigenvalue weighted by Crippen LogP contribution is 2.41. The average molecular weight is 397 g/mol. The first-order valence-electron chi connectivity index (χ1n) is 9.09. The molecule has 3 rings (SSSR count). The summed E-state index contributed by atoms with van der Waals surface area (Å²) in [6.07, 6.45) is 3.00. The van der Waals surface area contributed by atoms with Crippen LogP contribution < -0.4 is 0 Å². The van der Waals surface area contributed by atoms with Crippen molar-refractivity contribution >= 4 is 21.8 Å². The average Bonchev–Trinajstić information content (AvgIpc) is 3.18. The Morgan fingerprint density at radius 1 is 1.37 bits per heavy atom. The van der Waals surface area contributed by atoms with Gasteiger partial charge in [0.25, 0.3) is 5.91 Å². The van der Waals surface area contributed by atoms with Crippen LogP contribution in [0.2, 0.25) is 0 Å². The second-order valence-corrected chi connectivity index (χ2v) is 9.87. The highest BCUT2D eigenvalue weighted by molar-refractivity contribution is 7.88. The lowest BCUT2D eigenvalue weighted by Crippen LogP contribution is -2.44. The topological polar surface area (TPSA) is 91.1 Å². The van der Waals surface area contributed by atoms with Crippen LogP contribution in [0, 0.1) is 11.8 Å². The first kappa shape index (κ1) is 19.9. The quantitative estimate of drug-likeness (QED) is 0.736. The molecule has 0 bridgehead atoms. The monoisotopic (exact) mass is 397 g/mol. The highest BCUT2D eigenvalue weighted by atomic mass is 32.2. The van der Waals surface area contributed by atoms with Gasteiger partial charge in [0.15, 0.2) is 0 Å². The second kappa shape index (κ2) is 6.94. The number of rotatable bonds is 5. The maximum absolute atomic E-state index is 13.3. The van der Waals surface area contributed by atoms with Crippen LogP contribution in [0.4, 0.5) is 0 Å². The highest BCUT2D eigenvalue weighted by Gasteiger charge is 2.58. The second-order valence-electron chi connectivity index (χ2n) is 8.01. The standard InChI is InChI=1S/C18H27N3O5S/c1-11(2)15-16-13(21(18(15)23)27(5,24)25)6-8-20(16)17(22)12-7-9-26-14(12)10-19(3)4/h7,9,11,13,15-16H,6,8,10H2,1-5H3/t13-,15+,16-/m0/s1. The Hall–Kier alpha value is -1.87. The molecule has 27 heavy (non-hydrogen) atoms. The fourth-order valence-corrected chi connectivity index (χ4v) is 5.54. The van der Waals surface area contributed by atoms with Crippen molar-refractivity contribution in [2.45, 2.75) is 38.9 Å². The minimum absolute atomic E-state index is 0.0734. The fraction of sp³-hybridized carbons (Fsp3) is 0.667. The van der Waals surface area contributed by atoms with Crippen molar-refractivity contribution in [1.29, 1.82) is 0 Å². The molecule has 0 aromatic carbocycles. The number of hydrogen-bond acceptors (Lipinski definition) is 6. The summed E-state index contributed by atoms with van der Waals surface area (Å²) in [7, 11) is 0.0933. The Labute approximate surface area is 160 Å². The van der Waals surface area contributed by atoms with E-state index in [0.717, 1.165) is 10.6 Å². The summed E-state index contributed by atoms with van der Waals surface area (Å²) in [5.41, 5.74) is 0.470. The van der Waals surface area contributed by atoms with Crippen molar-refractivity contribution in [3.05, 3.63) is 23.7 Å².